The second-order valence-corrected chi connectivity index (χ2v) is 12.2. The van der Waals surface area contributed by atoms with Crippen molar-refractivity contribution in [2.75, 3.05) is 7.11 Å². The Balaban J connectivity index is 3.08. The van der Waals surface area contributed by atoms with Crippen molar-refractivity contribution in [3.8, 4) is 6.07 Å². The van der Waals surface area contributed by atoms with Gasteiger partial charge in [-0.1, -0.05) is 70.6 Å². The van der Waals surface area contributed by atoms with Crippen LogP contribution >= 0.6 is 22.2 Å². The van der Waals surface area contributed by atoms with Gasteiger partial charge in [0.1, 0.15) is 0 Å². The number of halogens is 2. The van der Waals surface area contributed by atoms with E-state index < -0.39 is 6.94 Å². The highest BCUT2D eigenvalue weighted by Gasteiger charge is 2.27. The number of unbranched alkanes of at least 4 members (excludes halogenated alkanes) is 12. The average Bonchev–Trinajstić information content (AvgIpc) is 2.47. The third kappa shape index (κ3) is 16.4. The van der Waals surface area contributed by atoms with Crippen LogP contribution in [0.25, 0.3) is 0 Å². The highest BCUT2D eigenvalue weighted by molar-refractivity contribution is 7.42. The van der Waals surface area contributed by atoms with Gasteiger partial charge >= 0.3 is 6.94 Å². The van der Waals surface area contributed by atoms with E-state index in [9.17, 15) is 0 Å². The molecule has 0 fully saturated rings. The quantitative estimate of drug-likeness (QED) is 0.188. The normalized spacial score (nSPS) is 11.5. The zero-order valence-electron chi connectivity index (χ0n) is 13.5. The van der Waals surface area contributed by atoms with E-state index in [0.29, 0.717) is 0 Å². The van der Waals surface area contributed by atoms with E-state index in [0.717, 1.165) is 25.3 Å². The summed E-state index contributed by atoms with van der Waals surface area (Å²) >= 11 is 12.1. The predicted molar refractivity (Wildman–Crippen MR) is 94.9 cm³/mol. The molecule has 0 aromatic rings. The molecule has 0 aromatic heterocycles. The van der Waals surface area contributed by atoms with Crippen molar-refractivity contribution in [1.29, 1.82) is 5.26 Å². The summed E-state index contributed by atoms with van der Waals surface area (Å²) in [6, 6.07) is 3.05. The second kappa shape index (κ2) is 15.2. The van der Waals surface area contributed by atoms with Gasteiger partial charge in [-0.3, -0.25) is 0 Å². The van der Waals surface area contributed by atoms with E-state index >= 15 is 0 Å². The molecule has 0 unspecified atom stereocenters. The van der Waals surface area contributed by atoms with E-state index in [-0.39, 0.29) is 0 Å². The van der Waals surface area contributed by atoms with Crippen LogP contribution in [0, 0.1) is 11.3 Å². The Morgan fingerprint density at radius 2 is 1.14 bits per heavy atom. The van der Waals surface area contributed by atoms with Gasteiger partial charge in [-0.05, 0) is 12.5 Å². The minimum Gasteiger partial charge on any atom is -0.396 e. The molecule has 0 N–H and O–H groups in total. The van der Waals surface area contributed by atoms with Crippen molar-refractivity contribution in [2.45, 2.75) is 89.5 Å². The number of nitrogens with zero attached hydrogens (tertiary/aromatic N) is 1. The molecule has 21 heavy (non-hydrogen) atoms. The zero-order chi connectivity index (χ0) is 15.8. The number of hydrogen-bond acceptors (Lipinski definition) is 2. The first-order valence-corrected chi connectivity index (χ1v) is 12.6. The number of rotatable bonds is 15. The van der Waals surface area contributed by atoms with E-state index in [1.54, 1.807) is 7.11 Å². The van der Waals surface area contributed by atoms with Crippen LogP contribution in [0.1, 0.15) is 83.5 Å². The highest BCUT2D eigenvalue weighted by atomic mass is 35.7. The second-order valence-electron chi connectivity index (χ2n) is 5.74. The first-order chi connectivity index (χ1) is 10.1. The van der Waals surface area contributed by atoms with Gasteiger partial charge in [-0.15, -0.1) is 22.2 Å². The number of nitriles is 1. The predicted octanol–water partition coefficient (Wildman–Crippen LogP) is 6.64. The van der Waals surface area contributed by atoms with Gasteiger partial charge in [0.05, 0.1) is 6.07 Å². The molecule has 0 atom stereocenters. The molecular weight excluding hydrogens is 321 g/mol. The zero-order valence-corrected chi connectivity index (χ0v) is 16.0. The van der Waals surface area contributed by atoms with Crippen LogP contribution in [0.5, 0.6) is 0 Å². The molecular formula is C16H31Cl2NOSi. The Kier molecular flexibility index (Phi) is 15.3. The summed E-state index contributed by atoms with van der Waals surface area (Å²) in [7, 11) is 1.61. The van der Waals surface area contributed by atoms with E-state index in [2.05, 4.69) is 6.07 Å². The van der Waals surface area contributed by atoms with Crippen molar-refractivity contribution < 1.29 is 4.43 Å². The molecule has 0 bridgehead atoms. The molecule has 0 rings (SSSR count). The monoisotopic (exact) mass is 351 g/mol. The van der Waals surface area contributed by atoms with Gasteiger partial charge in [0.2, 0.25) is 0 Å². The van der Waals surface area contributed by atoms with Crippen LogP contribution < -0.4 is 0 Å². The summed E-state index contributed by atoms with van der Waals surface area (Å²) in [5.74, 6) is 0. The lowest BCUT2D eigenvalue weighted by Crippen LogP contribution is -2.21. The smallest absolute Gasteiger partial charge is 0.389 e. The van der Waals surface area contributed by atoms with Gasteiger partial charge in [0, 0.05) is 13.5 Å². The largest absolute Gasteiger partial charge is 0.396 e. The fourth-order valence-corrected chi connectivity index (χ4v) is 4.07. The molecule has 0 aliphatic carbocycles. The molecule has 0 saturated heterocycles. The molecule has 124 valence electrons. The van der Waals surface area contributed by atoms with Gasteiger partial charge in [-0.25, -0.2) is 0 Å². The average molecular weight is 352 g/mol. The van der Waals surface area contributed by atoms with Crippen LogP contribution in [0.4, 0.5) is 0 Å². The third-order valence-corrected chi connectivity index (χ3v) is 7.40. The van der Waals surface area contributed by atoms with Gasteiger partial charge in [0.25, 0.3) is 0 Å². The first kappa shape index (κ1) is 21.2. The Bertz CT molecular complexity index is 269. The SMILES string of the molecule is CO[Si](Cl)(Cl)CCCCCCCCCCCCCCC#N. The fraction of sp³-hybridized carbons (Fsp3) is 0.938. The van der Waals surface area contributed by atoms with Crippen LogP contribution in [0.2, 0.25) is 6.04 Å². The van der Waals surface area contributed by atoms with Gasteiger partial charge in [0.15, 0.2) is 0 Å². The van der Waals surface area contributed by atoms with E-state index in [1.165, 1.54) is 64.2 Å². The summed E-state index contributed by atoms with van der Waals surface area (Å²) in [6.07, 6.45) is 16.0. The van der Waals surface area contributed by atoms with Crippen LogP contribution in [-0.2, 0) is 4.43 Å². The minimum atomic E-state index is -2.35. The minimum absolute atomic E-state index is 0.724. The molecule has 0 saturated carbocycles. The molecule has 5 heteroatoms. The maximum Gasteiger partial charge on any atom is 0.389 e. The van der Waals surface area contributed by atoms with Gasteiger partial charge in [-0.2, -0.15) is 5.26 Å². The Hall–Kier alpha value is 0.247. The van der Waals surface area contributed by atoms with Crippen LogP contribution in [0.15, 0.2) is 0 Å². The number of hydrogen-bond donors (Lipinski definition) is 0. The topological polar surface area (TPSA) is 33.0 Å². The summed E-state index contributed by atoms with van der Waals surface area (Å²) in [6.45, 7) is -2.35. The molecule has 0 spiro atoms. The lowest BCUT2D eigenvalue weighted by atomic mass is 10.0. The molecule has 0 amide bonds. The fourth-order valence-electron chi connectivity index (χ4n) is 2.40. The van der Waals surface area contributed by atoms with Crippen LogP contribution in [-0.4, -0.2) is 14.0 Å². The maximum absolute atomic E-state index is 8.43. The van der Waals surface area contributed by atoms with Crippen molar-refractivity contribution >= 4 is 29.1 Å². The van der Waals surface area contributed by atoms with E-state index in [4.69, 9.17) is 31.8 Å². The van der Waals surface area contributed by atoms with Crippen molar-refractivity contribution in [3.63, 3.8) is 0 Å². The standard InChI is InChI=1S/C16H31Cl2NOSi/c1-20-21(17,18)16-14-12-10-8-6-4-2-3-5-7-9-11-13-15-19/h2-14,16H2,1H3. The van der Waals surface area contributed by atoms with Crippen LogP contribution in [0.3, 0.4) is 0 Å². The maximum atomic E-state index is 8.43. The summed E-state index contributed by atoms with van der Waals surface area (Å²) < 4.78 is 5.11. The summed E-state index contributed by atoms with van der Waals surface area (Å²) in [4.78, 5) is 0. The summed E-state index contributed by atoms with van der Waals surface area (Å²) in [5.41, 5.74) is 0. The molecule has 0 radical (unpaired) electrons. The first-order valence-electron chi connectivity index (χ1n) is 8.42. The Morgan fingerprint density at radius 1 is 0.762 bits per heavy atom. The summed E-state index contributed by atoms with van der Waals surface area (Å²) in [5, 5.41) is 8.43. The lowest BCUT2D eigenvalue weighted by molar-refractivity contribution is 0.424. The molecule has 2 nitrogen and oxygen atoms in total. The molecule has 0 heterocycles. The Morgan fingerprint density at radius 3 is 1.52 bits per heavy atom. The molecule has 0 aliphatic rings. The van der Waals surface area contributed by atoms with Crippen molar-refractivity contribution in [3.05, 3.63) is 0 Å². The molecule has 0 aromatic carbocycles. The molecule has 0 aliphatic heterocycles. The third-order valence-electron chi connectivity index (χ3n) is 3.81. The lowest BCUT2D eigenvalue weighted by Gasteiger charge is -2.13. The highest BCUT2D eigenvalue weighted by Crippen LogP contribution is 2.24. The van der Waals surface area contributed by atoms with Crippen molar-refractivity contribution in [1.82, 2.24) is 0 Å². The Labute approximate surface area is 141 Å². The van der Waals surface area contributed by atoms with E-state index in [1.807, 2.05) is 0 Å². The van der Waals surface area contributed by atoms with Gasteiger partial charge < -0.3 is 4.43 Å². The van der Waals surface area contributed by atoms with Crippen molar-refractivity contribution in [2.24, 2.45) is 0 Å².